The number of hydrogen-bond donors (Lipinski definition) is 2. The number of halogens is 3. The third-order valence-corrected chi connectivity index (χ3v) is 8.92. The van der Waals surface area contributed by atoms with E-state index in [1.54, 1.807) is 0 Å². The Kier molecular flexibility index (Phi) is 9.21. The summed E-state index contributed by atoms with van der Waals surface area (Å²) in [4.78, 5) is 0. The maximum atomic E-state index is 11.1. The topological polar surface area (TPSA) is 46.5 Å². The van der Waals surface area contributed by atoms with Crippen molar-refractivity contribution in [2.45, 2.75) is 90.1 Å². The maximum absolute atomic E-state index is 11.1. The van der Waals surface area contributed by atoms with Gasteiger partial charge < -0.3 is 24.0 Å². The van der Waals surface area contributed by atoms with Crippen molar-refractivity contribution < 1.29 is 56.8 Å². The smallest absolute Gasteiger partial charge is 1.00 e. The second-order valence-electron chi connectivity index (χ2n) is 11.7. The Morgan fingerprint density at radius 3 is 1.44 bits per heavy atom. The molecule has 1 aliphatic carbocycles. The van der Waals surface area contributed by atoms with Crippen molar-refractivity contribution >= 4 is 35.6 Å². The van der Waals surface area contributed by atoms with Gasteiger partial charge in [-0.15, -0.1) is 0 Å². The van der Waals surface area contributed by atoms with Crippen molar-refractivity contribution in [1.29, 1.82) is 0 Å². The molecule has 2 atom stereocenters. The zero-order chi connectivity index (χ0) is 25.7. The third kappa shape index (κ3) is 6.26. The molecule has 197 valence electrons. The van der Waals surface area contributed by atoms with Crippen LogP contribution in [0.2, 0.25) is 10.0 Å². The van der Waals surface area contributed by atoms with Crippen LogP contribution in [0.3, 0.4) is 0 Å². The molecule has 1 aliphatic heterocycles. The summed E-state index contributed by atoms with van der Waals surface area (Å²) in [5, 5.41) is 23.5. The monoisotopic (exact) mass is 684 g/mol. The average molecular weight is 685 g/mol. The van der Waals surface area contributed by atoms with Gasteiger partial charge in [-0.2, -0.15) is 0 Å². The molecule has 0 spiro atoms. The molecule has 1 saturated carbocycles. The third-order valence-electron chi connectivity index (χ3n) is 6.85. The zero-order valence-electron chi connectivity index (χ0n) is 21.7. The van der Waals surface area contributed by atoms with E-state index in [-0.39, 0.29) is 34.8 Å². The van der Waals surface area contributed by atoms with Gasteiger partial charge in [0.25, 0.3) is 0 Å². The van der Waals surface area contributed by atoms with Gasteiger partial charge >= 0.3 is 227 Å². The number of phenolic OH excluding ortho intramolecular Hbond substituents is 2. The van der Waals surface area contributed by atoms with E-state index in [4.69, 9.17) is 23.2 Å². The predicted octanol–water partition coefficient (Wildman–Crippen LogP) is 3.80. The Bertz CT molecular complexity index is 1120. The maximum Gasteiger partial charge on any atom is -1.00 e. The van der Waals surface area contributed by atoms with E-state index in [0.717, 1.165) is 35.1 Å². The number of benzene rings is 2. The van der Waals surface area contributed by atoms with Gasteiger partial charge in [0, 0.05) is 0 Å². The summed E-state index contributed by atoms with van der Waals surface area (Å²) in [7, 11) is 0. The van der Waals surface area contributed by atoms with E-state index in [9.17, 15) is 10.2 Å². The molecule has 0 radical (unpaired) electrons. The first-order valence-corrected chi connectivity index (χ1v) is 14.0. The minimum atomic E-state index is -0.215. The Balaban J connectivity index is 0.00000361. The molecule has 8 heteroatoms. The van der Waals surface area contributed by atoms with Gasteiger partial charge in [0.1, 0.15) is 0 Å². The van der Waals surface area contributed by atoms with Crippen molar-refractivity contribution in [3.05, 3.63) is 56.6 Å². The second kappa shape index (κ2) is 11.1. The molecule has 0 aromatic heterocycles. The molecule has 1 saturated heterocycles. The standard InChI is InChI=1S/C28H36Cl2N2O2.HI.Mn/c1-27(2,3)21-13-19(29)11-17(25(21)33)15-31-23-9-7-8-10-24(23)32-16-18-12-20(30)14-22(26(18)34)28(4,5)6;;/h11-16,23-24,33-34H,7-10H2,1-6H3;1H;/q;;+2/p-1/t23-,24-;;/m1../s1. The van der Waals surface area contributed by atoms with Crippen LogP contribution in [0.5, 0.6) is 11.5 Å². The van der Waals surface area contributed by atoms with Crippen LogP contribution in [0.1, 0.15) is 89.5 Å². The summed E-state index contributed by atoms with van der Waals surface area (Å²) < 4.78 is 4.71. The van der Waals surface area contributed by atoms with E-state index >= 15 is 0 Å². The zero-order valence-corrected chi connectivity index (χ0v) is 26.6. The fourth-order valence-electron chi connectivity index (χ4n) is 4.96. The number of fused-ring (bicyclic) bond motifs is 1. The van der Waals surface area contributed by atoms with Crippen LogP contribution in [0.15, 0.2) is 24.3 Å². The largest absolute Gasteiger partial charge is 1.00 e. The van der Waals surface area contributed by atoms with E-state index < -0.39 is 0 Å². The van der Waals surface area contributed by atoms with Gasteiger partial charge in [-0.25, -0.2) is 0 Å². The molecule has 2 N–H and O–H groups in total. The number of aromatic hydroxyl groups is 2. The van der Waals surface area contributed by atoms with E-state index in [2.05, 4.69) is 61.2 Å². The van der Waals surface area contributed by atoms with Crippen LogP contribution in [0.4, 0.5) is 0 Å². The summed E-state index contributed by atoms with van der Waals surface area (Å²) >= 11 is 13.3. The van der Waals surface area contributed by atoms with E-state index in [0.29, 0.717) is 49.0 Å². The Morgan fingerprint density at radius 2 is 1.11 bits per heavy atom. The first-order valence-electron chi connectivity index (χ1n) is 12.2. The molecule has 0 bridgehead atoms. The molecule has 4 rings (SSSR count). The molecular weight excluding hydrogens is 649 g/mol. The van der Waals surface area contributed by atoms with Crippen LogP contribution >= 0.6 is 23.2 Å². The average Bonchev–Trinajstić information content (AvgIpc) is 3.08. The van der Waals surface area contributed by atoms with Crippen molar-refractivity contribution in [2.24, 2.45) is 0 Å². The first-order chi connectivity index (χ1) is 16.3. The second-order valence-corrected chi connectivity index (χ2v) is 14.1. The Morgan fingerprint density at radius 1 is 0.750 bits per heavy atom. The van der Waals surface area contributed by atoms with E-state index in [1.165, 1.54) is 12.8 Å². The van der Waals surface area contributed by atoms with Crippen LogP contribution < -0.4 is 24.0 Å². The van der Waals surface area contributed by atoms with Crippen molar-refractivity contribution in [3.63, 3.8) is 0 Å². The van der Waals surface area contributed by atoms with E-state index in [1.807, 2.05) is 24.3 Å². The predicted molar refractivity (Wildman–Crippen MR) is 141 cm³/mol. The van der Waals surface area contributed by atoms with Gasteiger partial charge in [0.05, 0.1) is 0 Å². The SMILES string of the molecule is CC(C)(C)c1cc(Cl)cc(C=[N+]2[Mn][N+](=Cc3cc(Cl)cc(C(C)(C)C)c3O)[C@@H]3CCCC[C@H]32)c1O.[I-]. The van der Waals surface area contributed by atoms with Gasteiger partial charge in [-0.1, -0.05) is 0 Å². The minimum Gasteiger partial charge on any atom is -1.00 e. The molecule has 0 amide bonds. The fourth-order valence-corrected chi connectivity index (χ4v) is 7.26. The van der Waals surface area contributed by atoms with Gasteiger partial charge in [0.15, 0.2) is 0 Å². The first kappa shape index (κ1) is 29.8. The number of rotatable bonds is 2. The Labute approximate surface area is 249 Å². The molecule has 0 unspecified atom stereocenters. The van der Waals surface area contributed by atoms with Gasteiger partial charge in [0.2, 0.25) is 0 Å². The fraction of sp³-hybridized carbons (Fsp3) is 0.500. The Hall–Kier alpha value is -0.791. The van der Waals surface area contributed by atoms with Crippen molar-refractivity contribution in [1.82, 2.24) is 0 Å². The van der Waals surface area contributed by atoms with Crippen LogP contribution in [0.25, 0.3) is 0 Å². The number of phenols is 2. The molecule has 2 aromatic carbocycles. The van der Waals surface area contributed by atoms with Crippen molar-refractivity contribution in [2.75, 3.05) is 0 Å². The van der Waals surface area contributed by atoms with Crippen molar-refractivity contribution in [3.8, 4) is 11.5 Å². The molecule has 2 fully saturated rings. The summed E-state index contributed by atoms with van der Waals surface area (Å²) in [6.07, 6.45) is 8.73. The van der Waals surface area contributed by atoms with Gasteiger partial charge in [-0.05, 0) is 0 Å². The van der Waals surface area contributed by atoms with Crippen LogP contribution in [-0.4, -0.2) is 41.9 Å². The van der Waals surface area contributed by atoms with Crippen LogP contribution in [0, 0.1) is 0 Å². The molecule has 4 nitrogen and oxygen atoms in total. The molecule has 1 heterocycles. The summed E-state index contributed by atoms with van der Waals surface area (Å²) in [6.45, 7) is 12.5. The molecule has 36 heavy (non-hydrogen) atoms. The number of nitrogens with zero attached hydrogens (tertiary/aromatic N) is 2. The molecule has 2 aromatic rings. The summed E-state index contributed by atoms with van der Waals surface area (Å²) in [5.41, 5.74) is 2.77. The number of hydrogen-bond acceptors (Lipinski definition) is 2. The molecule has 2 aliphatic rings. The minimum absolute atomic E-state index is 0. The summed E-state index contributed by atoms with van der Waals surface area (Å²) in [5.74, 6) is 0.591. The normalized spacial score (nSPS) is 22.6. The van der Waals surface area contributed by atoms with Gasteiger partial charge in [-0.3, -0.25) is 0 Å². The summed E-state index contributed by atoms with van der Waals surface area (Å²) in [6, 6.07) is 8.11. The molecular formula is C28H36Cl2IMnN2O2+. The quantitative estimate of drug-likeness (QED) is 0.374. The van der Waals surface area contributed by atoms with Crippen LogP contribution in [-0.2, 0) is 26.2 Å².